The molecule has 4 rings (SSSR count). The predicted molar refractivity (Wildman–Crippen MR) is 99.0 cm³/mol. The Balaban J connectivity index is 2.01. The molecular weight excluding hydrogens is 320 g/mol. The van der Waals surface area contributed by atoms with Crippen LogP contribution in [-0.4, -0.2) is 25.0 Å². The third kappa shape index (κ3) is 2.42. The van der Waals surface area contributed by atoms with Gasteiger partial charge >= 0.3 is 0 Å². The van der Waals surface area contributed by atoms with Crippen molar-refractivity contribution in [3.8, 4) is 5.75 Å². The minimum absolute atomic E-state index is 0.189. The summed E-state index contributed by atoms with van der Waals surface area (Å²) in [5.74, 6) is 0.831. The maximum absolute atomic E-state index is 6.48. The normalized spacial score (nSPS) is 16.3. The van der Waals surface area contributed by atoms with Gasteiger partial charge in [-0.15, -0.1) is 0 Å². The van der Waals surface area contributed by atoms with E-state index in [0.29, 0.717) is 11.0 Å². The van der Waals surface area contributed by atoms with E-state index in [-0.39, 0.29) is 6.04 Å². The van der Waals surface area contributed by atoms with E-state index in [1.165, 1.54) is 5.39 Å². The van der Waals surface area contributed by atoms with Crippen molar-refractivity contribution in [1.29, 1.82) is 0 Å². The van der Waals surface area contributed by atoms with Crippen molar-refractivity contribution in [1.82, 2.24) is 4.90 Å². The van der Waals surface area contributed by atoms with Gasteiger partial charge in [0.2, 0.25) is 0 Å². The van der Waals surface area contributed by atoms with E-state index >= 15 is 0 Å². The summed E-state index contributed by atoms with van der Waals surface area (Å²) < 4.78 is 6.03. The number of benzene rings is 3. The third-order valence-corrected chi connectivity index (χ3v) is 4.57. The fourth-order valence-electron chi connectivity index (χ4n) is 3.07. The van der Waals surface area contributed by atoms with Crippen LogP contribution in [0.4, 0.5) is 0 Å². The monoisotopic (exact) mass is 336 g/mol. The van der Waals surface area contributed by atoms with E-state index in [9.17, 15) is 0 Å². The molecule has 3 aromatic rings. The second kappa shape index (κ2) is 5.84. The molecule has 3 nitrogen and oxygen atoms in total. The van der Waals surface area contributed by atoms with Gasteiger partial charge in [-0.3, -0.25) is 0 Å². The zero-order chi connectivity index (χ0) is 16.7. The molecule has 1 atom stereocenters. The van der Waals surface area contributed by atoms with Gasteiger partial charge in [-0.05, 0) is 28.5 Å². The number of ether oxygens (including phenoxy) is 1. The van der Waals surface area contributed by atoms with Gasteiger partial charge in [0.1, 0.15) is 11.8 Å². The minimum atomic E-state index is -0.189. The Hall–Kier alpha value is -2.52. The zero-order valence-electron chi connectivity index (χ0n) is 13.5. The van der Waals surface area contributed by atoms with Crippen LogP contribution in [0.5, 0.6) is 5.75 Å². The van der Waals surface area contributed by atoms with Gasteiger partial charge in [0, 0.05) is 24.7 Å². The largest absolute Gasteiger partial charge is 0.426 e. The first-order valence-corrected chi connectivity index (χ1v) is 8.22. The number of rotatable bonds is 1. The van der Waals surface area contributed by atoms with Crippen molar-refractivity contribution in [3.63, 3.8) is 0 Å². The van der Waals surface area contributed by atoms with Gasteiger partial charge in [0.15, 0.2) is 0 Å². The highest BCUT2D eigenvalue weighted by Gasteiger charge is 2.28. The molecule has 0 aromatic heterocycles. The number of amidine groups is 1. The van der Waals surface area contributed by atoms with Crippen molar-refractivity contribution in [2.75, 3.05) is 14.1 Å². The van der Waals surface area contributed by atoms with Crippen LogP contribution < -0.4 is 4.74 Å². The van der Waals surface area contributed by atoms with Crippen molar-refractivity contribution < 1.29 is 4.74 Å². The number of halogens is 1. The third-order valence-electron chi connectivity index (χ3n) is 4.23. The van der Waals surface area contributed by atoms with Gasteiger partial charge in [-0.1, -0.05) is 60.1 Å². The molecule has 4 heteroatoms. The Morgan fingerprint density at radius 2 is 1.71 bits per heavy atom. The highest BCUT2D eigenvalue weighted by molar-refractivity contribution is 6.31. The summed E-state index contributed by atoms with van der Waals surface area (Å²) in [6, 6.07) is 20.6. The van der Waals surface area contributed by atoms with Crippen LogP contribution in [0.2, 0.25) is 5.02 Å². The first-order valence-electron chi connectivity index (χ1n) is 7.84. The topological polar surface area (TPSA) is 24.8 Å². The van der Waals surface area contributed by atoms with Crippen molar-refractivity contribution in [3.05, 3.63) is 76.8 Å². The molecule has 1 heterocycles. The van der Waals surface area contributed by atoms with Gasteiger partial charge in [-0.25, -0.2) is 4.99 Å². The summed E-state index contributed by atoms with van der Waals surface area (Å²) in [6.07, 6.45) is 0. The van der Waals surface area contributed by atoms with Gasteiger partial charge in [0.25, 0.3) is 6.02 Å². The standard InChI is InChI=1S/C20H17ClN2O/c1-23(2)20-22-19(15-9-5-6-10-16(15)21)18-14-8-4-3-7-13(14)11-12-17(18)24-20/h3-12,19H,1-2H3. The molecule has 1 aliphatic heterocycles. The maximum atomic E-state index is 6.48. The highest BCUT2D eigenvalue weighted by atomic mass is 35.5. The zero-order valence-corrected chi connectivity index (χ0v) is 14.3. The second-order valence-corrected chi connectivity index (χ2v) is 6.44. The Bertz CT molecular complexity index is 949. The first-order chi connectivity index (χ1) is 11.6. The lowest BCUT2D eigenvalue weighted by atomic mass is 9.92. The molecular formula is C20H17ClN2O. The summed E-state index contributed by atoms with van der Waals surface area (Å²) in [6.45, 7) is 0. The van der Waals surface area contributed by atoms with Crippen LogP contribution in [0.15, 0.2) is 65.7 Å². The van der Waals surface area contributed by atoms with E-state index in [1.54, 1.807) is 0 Å². The Labute approximate surface area is 146 Å². The molecule has 120 valence electrons. The second-order valence-electron chi connectivity index (χ2n) is 6.03. The van der Waals surface area contributed by atoms with E-state index in [4.69, 9.17) is 21.3 Å². The fourth-order valence-corrected chi connectivity index (χ4v) is 3.31. The smallest absolute Gasteiger partial charge is 0.293 e. The van der Waals surface area contributed by atoms with Crippen LogP contribution >= 0.6 is 11.6 Å². The summed E-state index contributed by atoms with van der Waals surface area (Å²) in [5.41, 5.74) is 2.05. The highest BCUT2D eigenvalue weighted by Crippen LogP contribution is 2.43. The van der Waals surface area contributed by atoms with Gasteiger partial charge < -0.3 is 9.64 Å². The number of hydrogen-bond acceptors (Lipinski definition) is 3. The molecule has 1 aliphatic rings. The van der Waals surface area contributed by atoms with Crippen LogP contribution in [0.1, 0.15) is 17.2 Å². The number of fused-ring (bicyclic) bond motifs is 3. The van der Waals surface area contributed by atoms with Gasteiger partial charge in [0.05, 0.1) is 0 Å². The Kier molecular flexibility index (Phi) is 3.66. The van der Waals surface area contributed by atoms with E-state index in [1.807, 2.05) is 61.5 Å². The lowest BCUT2D eigenvalue weighted by Gasteiger charge is -2.28. The van der Waals surface area contributed by atoms with Crippen molar-refractivity contribution in [2.45, 2.75) is 6.04 Å². The summed E-state index contributed by atoms with van der Waals surface area (Å²) in [7, 11) is 3.85. The van der Waals surface area contributed by atoms with Crippen molar-refractivity contribution in [2.24, 2.45) is 4.99 Å². The molecule has 0 saturated carbocycles. The molecule has 0 aliphatic carbocycles. The Morgan fingerprint density at radius 3 is 2.50 bits per heavy atom. The first kappa shape index (κ1) is 15.0. The molecule has 24 heavy (non-hydrogen) atoms. The van der Waals surface area contributed by atoms with Crippen LogP contribution in [0.25, 0.3) is 10.8 Å². The fraction of sp³-hybridized carbons (Fsp3) is 0.150. The summed E-state index contributed by atoms with van der Waals surface area (Å²) in [5, 5.41) is 3.02. The molecule has 0 fully saturated rings. The van der Waals surface area contributed by atoms with E-state index in [2.05, 4.69) is 18.2 Å². The predicted octanol–water partition coefficient (Wildman–Crippen LogP) is 4.89. The lowest BCUT2D eigenvalue weighted by Crippen LogP contribution is -2.31. The quantitative estimate of drug-likeness (QED) is 0.632. The average Bonchev–Trinajstić information content (AvgIpc) is 2.61. The number of aliphatic imine (C=N–C) groups is 1. The lowest BCUT2D eigenvalue weighted by molar-refractivity contribution is 0.407. The van der Waals surface area contributed by atoms with E-state index < -0.39 is 0 Å². The molecule has 0 N–H and O–H groups in total. The summed E-state index contributed by atoms with van der Waals surface area (Å²) in [4.78, 5) is 6.72. The molecule has 1 unspecified atom stereocenters. The Morgan fingerprint density at radius 1 is 0.958 bits per heavy atom. The summed E-state index contributed by atoms with van der Waals surface area (Å²) >= 11 is 6.48. The minimum Gasteiger partial charge on any atom is -0.426 e. The van der Waals surface area contributed by atoms with Crippen LogP contribution in [0.3, 0.4) is 0 Å². The molecule has 0 bridgehead atoms. The maximum Gasteiger partial charge on any atom is 0.293 e. The van der Waals surface area contributed by atoms with Crippen molar-refractivity contribution >= 4 is 28.4 Å². The van der Waals surface area contributed by atoms with Crippen LogP contribution in [0, 0.1) is 0 Å². The average molecular weight is 337 g/mol. The van der Waals surface area contributed by atoms with Gasteiger partial charge in [-0.2, -0.15) is 0 Å². The van der Waals surface area contributed by atoms with Crippen LogP contribution in [-0.2, 0) is 0 Å². The molecule has 3 aromatic carbocycles. The molecule has 0 spiro atoms. The van der Waals surface area contributed by atoms with E-state index in [0.717, 1.165) is 22.3 Å². The SMILES string of the molecule is CN(C)C1=NC(c2ccccc2Cl)c2c(ccc3ccccc23)O1. The molecule has 0 amide bonds. The molecule has 0 radical (unpaired) electrons. The molecule has 0 saturated heterocycles. The number of nitrogens with zero attached hydrogens (tertiary/aromatic N) is 2. The number of hydrogen-bond donors (Lipinski definition) is 0.